The number of ether oxygens (including phenoxy) is 2. The van der Waals surface area contributed by atoms with Gasteiger partial charge >= 0.3 is 0 Å². The third kappa shape index (κ3) is 3.85. The van der Waals surface area contributed by atoms with Crippen molar-refractivity contribution < 1.29 is 14.3 Å². The number of carbonyl (C=O) groups excluding carboxylic acids is 1. The molecule has 1 unspecified atom stereocenters. The van der Waals surface area contributed by atoms with E-state index in [9.17, 15) is 4.79 Å². The smallest absolute Gasteiger partial charge is 0.248 e. The van der Waals surface area contributed by atoms with Crippen LogP contribution in [0.1, 0.15) is 18.6 Å². The standard InChI is InChI=1S/C14H17Cl2NO3/c1-2-19-9-14(18)17-5-6-20-13(8-17)10-3-4-11(15)12(16)7-10/h3-4,7,13H,2,5-6,8-9H2,1H3. The molecule has 0 spiro atoms. The summed E-state index contributed by atoms with van der Waals surface area (Å²) in [4.78, 5) is 13.7. The van der Waals surface area contributed by atoms with Crippen LogP contribution in [0.4, 0.5) is 0 Å². The second kappa shape index (κ2) is 7.27. The number of morpholine rings is 1. The molecule has 1 heterocycles. The molecule has 4 nitrogen and oxygen atoms in total. The Morgan fingerprint density at radius 2 is 2.25 bits per heavy atom. The highest BCUT2D eigenvalue weighted by Crippen LogP contribution is 2.29. The van der Waals surface area contributed by atoms with Crippen LogP contribution >= 0.6 is 23.2 Å². The lowest BCUT2D eigenvalue weighted by Crippen LogP contribution is -2.43. The number of carbonyl (C=O) groups is 1. The van der Waals surface area contributed by atoms with Crippen LogP contribution in [0.3, 0.4) is 0 Å². The molecule has 0 radical (unpaired) electrons. The van der Waals surface area contributed by atoms with E-state index in [1.54, 1.807) is 17.0 Å². The van der Waals surface area contributed by atoms with E-state index in [-0.39, 0.29) is 18.6 Å². The molecule has 1 atom stereocenters. The lowest BCUT2D eigenvalue weighted by atomic mass is 10.1. The average Bonchev–Trinajstić information content (AvgIpc) is 2.47. The lowest BCUT2D eigenvalue weighted by Gasteiger charge is -2.33. The molecule has 0 N–H and O–H groups in total. The zero-order valence-corrected chi connectivity index (χ0v) is 12.8. The van der Waals surface area contributed by atoms with Crippen molar-refractivity contribution >= 4 is 29.1 Å². The first-order valence-electron chi connectivity index (χ1n) is 6.54. The van der Waals surface area contributed by atoms with Gasteiger partial charge in [0.05, 0.1) is 23.2 Å². The van der Waals surface area contributed by atoms with Crippen LogP contribution < -0.4 is 0 Å². The SMILES string of the molecule is CCOCC(=O)N1CCOC(c2ccc(Cl)c(Cl)c2)C1. The molecule has 0 aliphatic carbocycles. The highest BCUT2D eigenvalue weighted by atomic mass is 35.5. The highest BCUT2D eigenvalue weighted by molar-refractivity contribution is 6.42. The molecule has 0 aromatic heterocycles. The molecule has 0 saturated carbocycles. The van der Waals surface area contributed by atoms with Crippen molar-refractivity contribution in [3.05, 3.63) is 33.8 Å². The van der Waals surface area contributed by atoms with Crippen LogP contribution in [0, 0.1) is 0 Å². The lowest BCUT2D eigenvalue weighted by molar-refractivity contribution is -0.143. The third-order valence-electron chi connectivity index (χ3n) is 3.16. The second-order valence-corrected chi connectivity index (χ2v) is 5.32. The second-order valence-electron chi connectivity index (χ2n) is 4.51. The fourth-order valence-electron chi connectivity index (χ4n) is 2.07. The highest BCUT2D eigenvalue weighted by Gasteiger charge is 2.25. The molecule has 6 heteroatoms. The van der Waals surface area contributed by atoms with E-state index >= 15 is 0 Å². The average molecular weight is 318 g/mol. The quantitative estimate of drug-likeness (QED) is 0.857. The Bertz CT molecular complexity index is 481. The predicted molar refractivity (Wildman–Crippen MR) is 78.2 cm³/mol. The Morgan fingerprint density at radius 3 is 2.95 bits per heavy atom. The molecule has 1 aliphatic rings. The van der Waals surface area contributed by atoms with Gasteiger partial charge in [0.1, 0.15) is 12.7 Å². The van der Waals surface area contributed by atoms with E-state index in [2.05, 4.69) is 0 Å². The predicted octanol–water partition coefficient (Wildman–Crippen LogP) is 2.93. The summed E-state index contributed by atoms with van der Waals surface area (Å²) in [7, 11) is 0. The van der Waals surface area contributed by atoms with E-state index in [1.807, 2.05) is 13.0 Å². The van der Waals surface area contributed by atoms with Gasteiger partial charge in [-0.25, -0.2) is 0 Å². The molecule has 1 aliphatic heterocycles. The van der Waals surface area contributed by atoms with Gasteiger partial charge in [-0.2, -0.15) is 0 Å². The Labute approximate surface area is 128 Å². The van der Waals surface area contributed by atoms with Gasteiger partial charge in [-0.1, -0.05) is 29.3 Å². The van der Waals surface area contributed by atoms with Gasteiger partial charge < -0.3 is 14.4 Å². The summed E-state index contributed by atoms with van der Waals surface area (Å²) in [5.41, 5.74) is 0.924. The number of hydrogen-bond donors (Lipinski definition) is 0. The normalized spacial score (nSPS) is 19.1. The number of halogens is 2. The van der Waals surface area contributed by atoms with Crippen molar-refractivity contribution in [1.29, 1.82) is 0 Å². The molecule has 1 aromatic carbocycles. The maximum absolute atomic E-state index is 12.0. The Balaban J connectivity index is 2.02. The van der Waals surface area contributed by atoms with Crippen molar-refractivity contribution in [3.63, 3.8) is 0 Å². The van der Waals surface area contributed by atoms with Crippen LogP contribution in [0.2, 0.25) is 10.0 Å². The summed E-state index contributed by atoms with van der Waals surface area (Å²) < 4.78 is 10.9. The van der Waals surface area contributed by atoms with Gasteiger partial charge in [0.15, 0.2) is 0 Å². The summed E-state index contributed by atoms with van der Waals surface area (Å²) in [6.45, 7) is 4.11. The van der Waals surface area contributed by atoms with Crippen molar-refractivity contribution in [3.8, 4) is 0 Å². The molecule has 20 heavy (non-hydrogen) atoms. The van der Waals surface area contributed by atoms with Crippen molar-refractivity contribution in [2.24, 2.45) is 0 Å². The molecule has 1 amide bonds. The summed E-state index contributed by atoms with van der Waals surface area (Å²) >= 11 is 11.9. The monoisotopic (exact) mass is 317 g/mol. The molecule has 110 valence electrons. The summed E-state index contributed by atoms with van der Waals surface area (Å²) in [6.07, 6.45) is -0.177. The first kappa shape index (κ1) is 15.6. The molecule has 0 bridgehead atoms. The zero-order chi connectivity index (χ0) is 14.5. The summed E-state index contributed by atoms with van der Waals surface area (Å²) in [5.74, 6) is -0.0137. The molecular formula is C14H17Cl2NO3. The zero-order valence-electron chi connectivity index (χ0n) is 11.3. The van der Waals surface area contributed by atoms with Crippen LogP contribution in [0.15, 0.2) is 18.2 Å². The maximum atomic E-state index is 12.0. The first-order valence-corrected chi connectivity index (χ1v) is 7.29. The van der Waals surface area contributed by atoms with Gasteiger partial charge in [0.25, 0.3) is 0 Å². The molecular weight excluding hydrogens is 301 g/mol. The Morgan fingerprint density at radius 1 is 1.45 bits per heavy atom. The van der Waals surface area contributed by atoms with Gasteiger partial charge in [-0.15, -0.1) is 0 Å². The molecule has 1 saturated heterocycles. The maximum Gasteiger partial charge on any atom is 0.248 e. The van der Waals surface area contributed by atoms with Gasteiger partial charge in [0, 0.05) is 13.2 Å². The van der Waals surface area contributed by atoms with Crippen molar-refractivity contribution in [1.82, 2.24) is 4.90 Å². The topological polar surface area (TPSA) is 38.8 Å². The summed E-state index contributed by atoms with van der Waals surface area (Å²) in [5, 5.41) is 1.00. The van der Waals surface area contributed by atoms with Crippen LogP contribution in [-0.2, 0) is 14.3 Å². The Hall–Kier alpha value is -0.810. The molecule has 1 aromatic rings. The van der Waals surface area contributed by atoms with Crippen molar-refractivity contribution in [2.75, 3.05) is 32.9 Å². The minimum atomic E-state index is -0.177. The number of benzene rings is 1. The van der Waals surface area contributed by atoms with E-state index in [4.69, 9.17) is 32.7 Å². The third-order valence-corrected chi connectivity index (χ3v) is 3.90. The fourth-order valence-corrected chi connectivity index (χ4v) is 2.38. The number of nitrogens with zero attached hydrogens (tertiary/aromatic N) is 1. The minimum Gasteiger partial charge on any atom is -0.372 e. The van der Waals surface area contributed by atoms with Gasteiger partial charge in [-0.05, 0) is 24.6 Å². The molecule has 1 fully saturated rings. The Kier molecular flexibility index (Phi) is 5.66. The van der Waals surface area contributed by atoms with Crippen LogP contribution in [0.25, 0.3) is 0 Å². The number of amides is 1. The summed E-state index contributed by atoms with van der Waals surface area (Å²) in [6, 6.07) is 5.39. The largest absolute Gasteiger partial charge is 0.372 e. The van der Waals surface area contributed by atoms with E-state index < -0.39 is 0 Å². The van der Waals surface area contributed by atoms with E-state index in [1.165, 1.54) is 0 Å². The van der Waals surface area contributed by atoms with E-state index in [0.29, 0.717) is 36.3 Å². The van der Waals surface area contributed by atoms with Crippen molar-refractivity contribution in [2.45, 2.75) is 13.0 Å². The fraction of sp³-hybridized carbons (Fsp3) is 0.500. The van der Waals surface area contributed by atoms with Gasteiger partial charge in [0.2, 0.25) is 5.91 Å². The molecule has 2 rings (SSSR count). The number of hydrogen-bond acceptors (Lipinski definition) is 3. The first-order chi connectivity index (χ1) is 9.61. The minimum absolute atomic E-state index is 0.0137. The van der Waals surface area contributed by atoms with E-state index in [0.717, 1.165) is 5.56 Å². The van der Waals surface area contributed by atoms with Crippen LogP contribution in [0.5, 0.6) is 0 Å². The van der Waals surface area contributed by atoms with Crippen LogP contribution in [-0.4, -0.2) is 43.7 Å². The van der Waals surface area contributed by atoms with Gasteiger partial charge in [-0.3, -0.25) is 4.79 Å². The number of rotatable bonds is 4.